The van der Waals surface area contributed by atoms with Gasteiger partial charge in [-0.05, 0) is 62.0 Å². The van der Waals surface area contributed by atoms with Gasteiger partial charge in [0.05, 0.1) is 11.1 Å². The number of nitrogens with zero attached hydrogens (tertiary/aromatic N) is 1. The van der Waals surface area contributed by atoms with E-state index in [0.29, 0.717) is 35.3 Å². The Kier molecular flexibility index (Phi) is 3.34. The Hall–Kier alpha value is -2.17. The van der Waals surface area contributed by atoms with Gasteiger partial charge in [-0.15, -0.1) is 0 Å². The first kappa shape index (κ1) is 16.0. The minimum Gasteiger partial charge on any atom is -0.351 e. The lowest BCUT2D eigenvalue weighted by molar-refractivity contribution is -0.129. The molecule has 0 saturated heterocycles. The fraction of sp³-hybridized carbons (Fsp3) is 0.571. The third-order valence-electron chi connectivity index (χ3n) is 7.07. The van der Waals surface area contributed by atoms with Crippen molar-refractivity contribution < 1.29 is 14.4 Å². The van der Waals surface area contributed by atoms with Gasteiger partial charge >= 0.3 is 0 Å². The molecule has 5 heteroatoms. The predicted molar refractivity (Wildman–Crippen MR) is 95.4 cm³/mol. The lowest BCUT2D eigenvalue weighted by Crippen LogP contribution is -2.67. The molecule has 4 bridgehead atoms. The summed E-state index contributed by atoms with van der Waals surface area (Å²) in [4.78, 5) is 39.6. The number of hydrogen-bond donors (Lipinski definition) is 1. The number of hydrogen-bond acceptors (Lipinski definition) is 3. The van der Waals surface area contributed by atoms with Gasteiger partial charge in [0.1, 0.15) is 0 Å². The maximum atomic E-state index is 13.0. The Morgan fingerprint density at radius 1 is 1.08 bits per heavy atom. The van der Waals surface area contributed by atoms with Crippen molar-refractivity contribution in [3.63, 3.8) is 0 Å². The minimum absolute atomic E-state index is 0.00870. The van der Waals surface area contributed by atoms with Gasteiger partial charge in [0.25, 0.3) is 11.8 Å². The Balaban J connectivity index is 1.46. The zero-order chi connectivity index (χ0) is 18.1. The summed E-state index contributed by atoms with van der Waals surface area (Å²) in [5, 5.41) is 3.30. The lowest BCUT2D eigenvalue weighted by atomic mass is 9.50. The monoisotopic (exact) mass is 352 g/mol. The van der Waals surface area contributed by atoms with Crippen LogP contribution in [0.15, 0.2) is 24.3 Å². The molecule has 3 amide bonds. The average molecular weight is 352 g/mol. The van der Waals surface area contributed by atoms with E-state index in [1.165, 1.54) is 0 Å². The van der Waals surface area contributed by atoms with Gasteiger partial charge in [-0.1, -0.05) is 19.1 Å². The quantitative estimate of drug-likeness (QED) is 0.851. The van der Waals surface area contributed by atoms with Crippen LogP contribution in [0.2, 0.25) is 0 Å². The van der Waals surface area contributed by atoms with Crippen molar-refractivity contribution in [2.75, 3.05) is 0 Å². The molecule has 1 N–H and O–H groups in total. The number of benzene rings is 1. The molecule has 6 rings (SSSR count). The summed E-state index contributed by atoms with van der Waals surface area (Å²) < 4.78 is 0. The molecule has 4 saturated carbocycles. The van der Waals surface area contributed by atoms with Gasteiger partial charge in [0.15, 0.2) is 0 Å². The molecule has 1 aromatic rings. The van der Waals surface area contributed by atoms with Crippen molar-refractivity contribution in [1.29, 1.82) is 0 Å². The van der Waals surface area contributed by atoms with Crippen LogP contribution in [0, 0.1) is 17.8 Å². The van der Waals surface area contributed by atoms with Crippen molar-refractivity contribution in [3.05, 3.63) is 35.4 Å². The number of rotatable bonds is 3. The molecular weight excluding hydrogens is 328 g/mol. The van der Waals surface area contributed by atoms with E-state index in [1.807, 2.05) is 19.1 Å². The van der Waals surface area contributed by atoms with Crippen LogP contribution in [-0.2, 0) is 4.79 Å². The fourth-order valence-corrected chi connectivity index (χ4v) is 6.43. The van der Waals surface area contributed by atoms with E-state index < -0.39 is 0 Å². The highest BCUT2D eigenvalue weighted by molar-refractivity contribution is 6.21. The highest BCUT2D eigenvalue weighted by Crippen LogP contribution is 2.57. The fourth-order valence-electron chi connectivity index (χ4n) is 6.43. The predicted octanol–water partition coefficient (Wildman–Crippen LogP) is 2.76. The summed E-state index contributed by atoms with van der Waals surface area (Å²) in [5.41, 5.74) is 0.972. The highest BCUT2D eigenvalue weighted by atomic mass is 16.2. The van der Waals surface area contributed by atoms with E-state index in [0.717, 1.165) is 32.1 Å². The van der Waals surface area contributed by atoms with Crippen LogP contribution in [0.5, 0.6) is 0 Å². The highest BCUT2D eigenvalue weighted by Gasteiger charge is 2.59. The Morgan fingerprint density at radius 3 is 2.19 bits per heavy atom. The van der Waals surface area contributed by atoms with Crippen molar-refractivity contribution >= 4 is 17.7 Å². The largest absolute Gasteiger partial charge is 0.351 e. The van der Waals surface area contributed by atoms with E-state index in [9.17, 15) is 14.4 Å². The molecule has 26 heavy (non-hydrogen) atoms. The second-order valence-electron chi connectivity index (χ2n) is 8.67. The van der Waals surface area contributed by atoms with Crippen molar-refractivity contribution in [2.24, 2.45) is 17.8 Å². The number of nitrogens with one attached hydrogen (secondary N) is 1. The molecule has 2 unspecified atom stereocenters. The number of fused-ring (bicyclic) bond motifs is 1. The van der Waals surface area contributed by atoms with Crippen LogP contribution >= 0.6 is 0 Å². The van der Waals surface area contributed by atoms with Gasteiger partial charge in [0.2, 0.25) is 5.91 Å². The van der Waals surface area contributed by atoms with Crippen LogP contribution in [-0.4, -0.2) is 34.2 Å². The van der Waals surface area contributed by atoms with Crippen molar-refractivity contribution in [2.45, 2.75) is 57.0 Å². The molecule has 4 aliphatic carbocycles. The Bertz CT molecular complexity index is 766. The summed E-state index contributed by atoms with van der Waals surface area (Å²) in [6.07, 6.45) is 5.48. The maximum Gasteiger partial charge on any atom is 0.261 e. The normalized spacial score (nSPS) is 37.2. The third kappa shape index (κ3) is 2.12. The van der Waals surface area contributed by atoms with Gasteiger partial charge in [-0.3, -0.25) is 19.3 Å². The topological polar surface area (TPSA) is 66.5 Å². The van der Waals surface area contributed by atoms with E-state index in [1.54, 1.807) is 17.0 Å². The zero-order valence-electron chi connectivity index (χ0n) is 15.0. The standard InChI is InChI=1S/C21H24N2O3/c1-2-17(24)22-21-9-12-7-13(10-21)18(14(8-12)11-21)23-19(25)15-5-3-4-6-16(15)20(23)26/h3-6,12-14,18H,2,7-11H2,1H3,(H,22,24). The zero-order valence-corrected chi connectivity index (χ0v) is 15.0. The van der Waals surface area contributed by atoms with Crippen LogP contribution in [0.3, 0.4) is 0 Å². The van der Waals surface area contributed by atoms with Crippen molar-refractivity contribution in [1.82, 2.24) is 10.2 Å². The van der Waals surface area contributed by atoms with Crippen LogP contribution in [0.25, 0.3) is 0 Å². The smallest absolute Gasteiger partial charge is 0.261 e. The van der Waals surface area contributed by atoms with Gasteiger partial charge in [-0.25, -0.2) is 0 Å². The molecule has 5 nitrogen and oxygen atoms in total. The first-order chi connectivity index (χ1) is 12.5. The molecule has 136 valence electrons. The molecule has 0 spiro atoms. The second kappa shape index (κ2) is 5.41. The maximum absolute atomic E-state index is 13.0. The van der Waals surface area contributed by atoms with Crippen LogP contribution < -0.4 is 5.32 Å². The van der Waals surface area contributed by atoms with Gasteiger partial charge in [0, 0.05) is 18.0 Å². The molecule has 2 atom stereocenters. The van der Waals surface area contributed by atoms with Gasteiger partial charge < -0.3 is 5.32 Å². The molecule has 1 aromatic carbocycles. The minimum atomic E-state index is -0.130. The number of carbonyl (C=O) groups is 3. The summed E-state index contributed by atoms with van der Waals surface area (Å²) in [6, 6.07) is 7.15. The average Bonchev–Trinajstić information content (AvgIpc) is 2.86. The molecule has 4 fully saturated rings. The molecule has 1 aliphatic heterocycles. The van der Waals surface area contributed by atoms with Crippen LogP contribution in [0.4, 0.5) is 0 Å². The molecular formula is C21H24N2O3. The molecule has 5 aliphatic rings. The first-order valence-corrected chi connectivity index (χ1v) is 9.79. The molecule has 0 radical (unpaired) electrons. The number of amides is 3. The van der Waals surface area contributed by atoms with E-state index >= 15 is 0 Å². The summed E-state index contributed by atoms with van der Waals surface area (Å²) in [5.74, 6) is 1.07. The summed E-state index contributed by atoms with van der Waals surface area (Å²) in [7, 11) is 0. The Labute approximate surface area is 153 Å². The second-order valence-corrected chi connectivity index (χ2v) is 8.67. The Morgan fingerprint density at radius 2 is 1.65 bits per heavy atom. The summed E-state index contributed by atoms with van der Waals surface area (Å²) >= 11 is 0. The molecule has 0 aromatic heterocycles. The van der Waals surface area contributed by atoms with E-state index in [-0.39, 0.29) is 29.3 Å². The lowest BCUT2D eigenvalue weighted by Gasteiger charge is -2.61. The van der Waals surface area contributed by atoms with Gasteiger partial charge in [-0.2, -0.15) is 0 Å². The first-order valence-electron chi connectivity index (χ1n) is 9.79. The van der Waals surface area contributed by atoms with Crippen LogP contribution in [0.1, 0.15) is 66.2 Å². The SMILES string of the molecule is CCC(=O)NC12CC3CC(C1)C(N1C(=O)c4ccccc4C1=O)C(C3)C2. The summed E-state index contributed by atoms with van der Waals surface area (Å²) in [6.45, 7) is 1.89. The number of imide groups is 1. The molecule has 1 heterocycles. The number of carbonyl (C=O) groups excluding carboxylic acids is 3. The third-order valence-corrected chi connectivity index (χ3v) is 7.07. The van der Waals surface area contributed by atoms with E-state index in [2.05, 4.69) is 5.32 Å². The van der Waals surface area contributed by atoms with E-state index in [4.69, 9.17) is 0 Å². The van der Waals surface area contributed by atoms with Crippen molar-refractivity contribution in [3.8, 4) is 0 Å².